The number of guanidine groups is 1. The normalized spacial score (nSPS) is 20.3. The zero-order valence-electron chi connectivity index (χ0n) is 15.2. The van der Waals surface area contributed by atoms with Gasteiger partial charge in [-0.15, -0.1) is 24.0 Å². The van der Waals surface area contributed by atoms with Gasteiger partial charge in [0.2, 0.25) is 0 Å². The third-order valence-corrected chi connectivity index (χ3v) is 5.29. The summed E-state index contributed by atoms with van der Waals surface area (Å²) in [6.45, 7) is 6.31. The Morgan fingerprint density at radius 2 is 1.88 bits per heavy atom. The van der Waals surface area contributed by atoms with Gasteiger partial charge >= 0.3 is 0 Å². The Morgan fingerprint density at radius 1 is 1.24 bits per heavy atom. The summed E-state index contributed by atoms with van der Waals surface area (Å²) in [5.41, 5.74) is 0.396. The molecule has 1 aliphatic heterocycles. The summed E-state index contributed by atoms with van der Waals surface area (Å²) < 4.78 is 5.21. The van der Waals surface area contributed by atoms with E-state index in [0.29, 0.717) is 24.3 Å². The van der Waals surface area contributed by atoms with Crippen LogP contribution in [0.4, 0.5) is 0 Å². The van der Waals surface area contributed by atoms with Crippen molar-refractivity contribution in [1.29, 1.82) is 0 Å². The maximum absolute atomic E-state index is 12.3. The van der Waals surface area contributed by atoms with Crippen LogP contribution in [0.3, 0.4) is 0 Å². The van der Waals surface area contributed by atoms with Gasteiger partial charge in [0.05, 0.1) is 6.26 Å². The van der Waals surface area contributed by atoms with Crippen LogP contribution in [0.2, 0.25) is 0 Å². The van der Waals surface area contributed by atoms with Crippen LogP contribution in [0, 0.1) is 5.41 Å². The third kappa shape index (κ3) is 4.89. The Balaban J connectivity index is 0.00000225. The van der Waals surface area contributed by atoms with Gasteiger partial charge in [0.1, 0.15) is 0 Å². The number of piperazine rings is 1. The van der Waals surface area contributed by atoms with Crippen molar-refractivity contribution in [2.24, 2.45) is 10.4 Å². The Hall–Kier alpha value is -1.25. The van der Waals surface area contributed by atoms with Gasteiger partial charge in [-0.3, -0.25) is 9.79 Å². The molecule has 1 aromatic rings. The Morgan fingerprint density at radius 3 is 2.44 bits per heavy atom. The molecule has 1 amide bonds. The summed E-state index contributed by atoms with van der Waals surface area (Å²) in [6, 6.07) is 3.47. The monoisotopic (exact) mass is 460 g/mol. The molecule has 1 aliphatic carbocycles. The number of hydrogen-bond acceptors (Lipinski definition) is 3. The number of amides is 1. The molecule has 2 fully saturated rings. The van der Waals surface area contributed by atoms with Gasteiger partial charge in [-0.1, -0.05) is 19.8 Å². The molecule has 140 valence electrons. The van der Waals surface area contributed by atoms with E-state index in [0.717, 1.165) is 25.6 Å². The molecule has 0 aromatic carbocycles. The molecule has 1 aromatic heterocycles. The van der Waals surface area contributed by atoms with E-state index >= 15 is 0 Å². The summed E-state index contributed by atoms with van der Waals surface area (Å²) in [6.07, 6.45) is 6.80. The molecule has 6 nitrogen and oxygen atoms in total. The fourth-order valence-corrected chi connectivity index (χ4v) is 3.71. The molecular formula is C18H29IN4O2. The lowest BCUT2D eigenvalue weighted by Gasteiger charge is -2.37. The van der Waals surface area contributed by atoms with Crippen LogP contribution in [-0.4, -0.2) is 61.4 Å². The molecule has 2 heterocycles. The van der Waals surface area contributed by atoms with Crippen molar-refractivity contribution < 1.29 is 9.21 Å². The minimum Gasteiger partial charge on any atom is -0.459 e. The lowest BCUT2D eigenvalue weighted by molar-refractivity contribution is 0.0657. The predicted octanol–water partition coefficient (Wildman–Crippen LogP) is 2.81. The lowest BCUT2D eigenvalue weighted by atomic mass is 9.89. The minimum absolute atomic E-state index is 0. The highest BCUT2D eigenvalue weighted by Gasteiger charge is 2.30. The summed E-state index contributed by atoms with van der Waals surface area (Å²) in [7, 11) is 1.83. The molecule has 0 bridgehead atoms. The van der Waals surface area contributed by atoms with Gasteiger partial charge in [0, 0.05) is 39.8 Å². The minimum atomic E-state index is -0.0268. The number of furan rings is 1. The molecule has 0 spiro atoms. The number of carbonyl (C=O) groups excluding carboxylic acids is 1. The van der Waals surface area contributed by atoms with E-state index in [1.54, 1.807) is 18.4 Å². The molecule has 2 aliphatic rings. The van der Waals surface area contributed by atoms with Crippen molar-refractivity contribution in [2.45, 2.75) is 32.6 Å². The van der Waals surface area contributed by atoms with Crippen LogP contribution >= 0.6 is 24.0 Å². The molecule has 0 radical (unpaired) electrons. The molecule has 3 rings (SSSR count). The molecular weight excluding hydrogens is 431 g/mol. The molecule has 1 N–H and O–H groups in total. The average Bonchev–Trinajstić information content (AvgIpc) is 3.27. The zero-order chi connectivity index (χ0) is 17.0. The van der Waals surface area contributed by atoms with Gasteiger partial charge in [0.15, 0.2) is 11.7 Å². The van der Waals surface area contributed by atoms with Gasteiger partial charge < -0.3 is 19.5 Å². The maximum atomic E-state index is 12.3. The maximum Gasteiger partial charge on any atom is 0.289 e. The Bertz CT molecular complexity index is 574. The van der Waals surface area contributed by atoms with Gasteiger partial charge in [-0.05, 0) is 30.4 Å². The Kier molecular flexibility index (Phi) is 7.15. The van der Waals surface area contributed by atoms with Crippen molar-refractivity contribution in [3.8, 4) is 0 Å². The van der Waals surface area contributed by atoms with Crippen LogP contribution in [0.5, 0.6) is 0 Å². The number of aliphatic imine (C=N–C) groups is 1. The summed E-state index contributed by atoms with van der Waals surface area (Å²) in [5.74, 6) is 1.34. The summed E-state index contributed by atoms with van der Waals surface area (Å²) in [5, 5.41) is 3.55. The first kappa shape index (κ1) is 20.1. The highest BCUT2D eigenvalue weighted by molar-refractivity contribution is 14.0. The topological polar surface area (TPSA) is 61.1 Å². The van der Waals surface area contributed by atoms with E-state index in [1.807, 2.05) is 11.9 Å². The highest BCUT2D eigenvalue weighted by Crippen LogP contribution is 2.36. The van der Waals surface area contributed by atoms with Gasteiger partial charge in [-0.25, -0.2) is 0 Å². The molecule has 0 atom stereocenters. The molecule has 1 saturated carbocycles. The number of hydrogen-bond donors (Lipinski definition) is 1. The predicted molar refractivity (Wildman–Crippen MR) is 110 cm³/mol. The number of nitrogens with one attached hydrogen (secondary N) is 1. The van der Waals surface area contributed by atoms with E-state index in [9.17, 15) is 4.79 Å². The smallest absolute Gasteiger partial charge is 0.289 e. The first-order valence-electron chi connectivity index (χ1n) is 8.90. The summed E-state index contributed by atoms with van der Waals surface area (Å²) in [4.78, 5) is 20.8. The quantitative estimate of drug-likeness (QED) is 0.428. The Labute approximate surface area is 167 Å². The second kappa shape index (κ2) is 8.91. The van der Waals surface area contributed by atoms with Gasteiger partial charge in [0.25, 0.3) is 5.91 Å². The molecule has 0 unspecified atom stereocenters. The highest BCUT2D eigenvalue weighted by atomic mass is 127. The fraction of sp³-hybridized carbons (Fsp3) is 0.667. The number of nitrogens with zero attached hydrogens (tertiary/aromatic N) is 3. The number of halogens is 1. The number of carbonyl (C=O) groups is 1. The van der Waals surface area contributed by atoms with E-state index in [2.05, 4.69) is 22.1 Å². The van der Waals surface area contributed by atoms with Crippen molar-refractivity contribution >= 4 is 35.8 Å². The number of rotatable bonds is 3. The molecule has 7 heteroatoms. The fourth-order valence-electron chi connectivity index (χ4n) is 3.71. The first-order chi connectivity index (χ1) is 11.6. The summed E-state index contributed by atoms with van der Waals surface area (Å²) >= 11 is 0. The second-order valence-electron chi connectivity index (χ2n) is 7.18. The average molecular weight is 460 g/mol. The standard InChI is InChI=1S/C18H28N4O2.HI/c1-18(7-3-4-8-18)14-20-17(19-2)22-11-9-21(10-12-22)16(23)15-6-5-13-24-15;/h5-6,13H,3-4,7-12,14H2,1-2H3,(H,19,20);1H. The largest absolute Gasteiger partial charge is 0.459 e. The van der Waals surface area contributed by atoms with Crippen molar-refractivity contribution in [2.75, 3.05) is 39.8 Å². The van der Waals surface area contributed by atoms with Crippen LogP contribution in [0.15, 0.2) is 27.8 Å². The van der Waals surface area contributed by atoms with E-state index in [4.69, 9.17) is 4.42 Å². The van der Waals surface area contributed by atoms with Crippen molar-refractivity contribution in [1.82, 2.24) is 15.1 Å². The third-order valence-electron chi connectivity index (χ3n) is 5.29. The van der Waals surface area contributed by atoms with Gasteiger partial charge in [-0.2, -0.15) is 0 Å². The zero-order valence-corrected chi connectivity index (χ0v) is 17.5. The van der Waals surface area contributed by atoms with Crippen LogP contribution < -0.4 is 5.32 Å². The molecule has 1 saturated heterocycles. The lowest BCUT2D eigenvalue weighted by Crippen LogP contribution is -2.54. The molecule has 25 heavy (non-hydrogen) atoms. The van der Waals surface area contributed by atoms with E-state index in [1.165, 1.54) is 25.7 Å². The van der Waals surface area contributed by atoms with Crippen molar-refractivity contribution in [3.05, 3.63) is 24.2 Å². The van der Waals surface area contributed by atoms with E-state index < -0.39 is 0 Å². The van der Waals surface area contributed by atoms with E-state index in [-0.39, 0.29) is 29.9 Å². The SMILES string of the molecule is CN=C(NCC1(C)CCCC1)N1CCN(C(=O)c2ccco2)CC1.I. The van der Waals surface area contributed by atoms with Crippen LogP contribution in [0.1, 0.15) is 43.2 Å². The van der Waals surface area contributed by atoms with Crippen LogP contribution in [-0.2, 0) is 0 Å². The van der Waals surface area contributed by atoms with Crippen molar-refractivity contribution in [3.63, 3.8) is 0 Å². The first-order valence-corrected chi connectivity index (χ1v) is 8.90. The van der Waals surface area contributed by atoms with Crippen LogP contribution in [0.25, 0.3) is 0 Å². The second-order valence-corrected chi connectivity index (χ2v) is 7.18.